The van der Waals surface area contributed by atoms with E-state index in [1.807, 2.05) is 31.2 Å². The molecule has 1 aromatic carbocycles. The molecule has 18 heavy (non-hydrogen) atoms. The molecule has 2 atom stereocenters. The highest BCUT2D eigenvalue weighted by atomic mass is 16.5. The lowest BCUT2D eigenvalue weighted by molar-refractivity contribution is -0.128. The number of carbonyl (C=O) groups excluding carboxylic acids is 1. The summed E-state index contributed by atoms with van der Waals surface area (Å²) in [5, 5.41) is 3.46. The van der Waals surface area contributed by atoms with Crippen LogP contribution in [0.3, 0.4) is 0 Å². The predicted octanol–water partition coefficient (Wildman–Crippen LogP) is 1.15. The fourth-order valence-electron chi connectivity index (χ4n) is 2.74. The van der Waals surface area contributed by atoms with E-state index in [4.69, 9.17) is 10.5 Å². The van der Waals surface area contributed by atoms with Gasteiger partial charge >= 0.3 is 0 Å². The number of amides is 1. The van der Waals surface area contributed by atoms with Crippen LogP contribution in [0, 0.1) is 5.92 Å². The van der Waals surface area contributed by atoms with E-state index in [-0.39, 0.29) is 11.8 Å². The van der Waals surface area contributed by atoms with Crippen LogP contribution in [0.4, 0.5) is 0 Å². The van der Waals surface area contributed by atoms with Gasteiger partial charge in [-0.15, -0.1) is 0 Å². The van der Waals surface area contributed by atoms with Gasteiger partial charge in [-0.05, 0) is 18.9 Å². The number of hydrogen-bond acceptors (Lipinski definition) is 3. The number of nitrogens with two attached hydrogens (primary N) is 1. The molecule has 4 nitrogen and oxygen atoms in total. The van der Waals surface area contributed by atoms with Crippen molar-refractivity contribution in [1.29, 1.82) is 0 Å². The maximum Gasteiger partial charge on any atom is 0.242 e. The number of para-hydroxylation sites is 1. The molecule has 1 saturated carbocycles. The normalized spacial score (nSPS) is 30.4. The van der Waals surface area contributed by atoms with Crippen molar-refractivity contribution < 1.29 is 9.53 Å². The van der Waals surface area contributed by atoms with Crippen molar-refractivity contribution in [3.05, 3.63) is 29.8 Å². The van der Waals surface area contributed by atoms with E-state index in [9.17, 15) is 4.79 Å². The largest absolute Gasteiger partial charge is 0.493 e. The summed E-state index contributed by atoms with van der Waals surface area (Å²) in [7, 11) is 0. The van der Waals surface area contributed by atoms with Crippen LogP contribution in [0.15, 0.2) is 24.3 Å². The first-order valence-corrected chi connectivity index (χ1v) is 6.44. The second kappa shape index (κ2) is 3.99. The van der Waals surface area contributed by atoms with Gasteiger partial charge in [0.15, 0.2) is 0 Å². The zero-order chi connectivity index (χ0) is 12.8. The summed E-state index contributed by atoms with van der Waals surface area (Å²) in [6.45, 7) is 2.52. The molecular formula is C14H18N2O2. The van der Waals surface area contributed by atoms with Crippen LogP contribution in [-0.2, 0) is 10.3 Å². The van der Waals surface area contributed by atoms with Gasteiger partial charge in [0.25, 0.3) is 0 Å². The van der Waals surface area contributed by atoms with E-state index in [0.717, 1.165) is 24.2 Å². The monoisotopic (exact) mass is 246 g/mol. The minimum Gasteiger partial charge on any atom is -0.493 e. The van der Waals surface area contributed by atoms with Gasteiger partial charge in [0, 0.05) is 17.5 Å². The molecule has 1 aromatic rings. The van der Waals surface area contributed by atoms with E-state index in [0.29, 0.717) is 12.6 Å². The molecular weight excluding hydrogens is 228 g/mol. The molecule has 2 unspecified atom stereocenters. The lowest BCUT2D eigenvalue weighted by Gasteiger charge is -2.42. The third-order valence-electron chi connectivity index (χ3n) is 3.94. The Morgan fingerprint density at radius 2 is 2.17 bits per heavy atom. The summed E-state index contributed by atoms with van der Waals surface area (Å²) in [4.78, 5) is 12.1. The van der Waals surface area contributed by atoms with Crippen LogP contribution in [-0.4, -0.2) is 18.6 Å². The average Bonchev–Trinajstić information content (AvgIpc) is 3.16. The number of nitrogens with one attached hydrogen (secondary N) is 1. The van der Waals surface area contributed by atoms with Crippen LogP contribution >= 0.6 is 0 Å². The summed E-state index contributed by atoms with van der Waals surface area (Å²) in [5.74, 6) is 0.491. The van der Waals surface area contributed by atoms with Crippen LogP contribution in [0.5, 0.6) is 5.75 Å². The number of benzene rings is 1. The maximum atomic E-state index is 12.1. The van der Waals surface area contributed by atoms with Gasteiger partial charge in [-0.25, -0.2) is 0 Å². The van der Waals surface area contributed by atoms with Crippen LogP contribution in [0.2, 0.25) is 0 Å². The summed E-state index contributed by atoms with van der Waals surface area (Å²) in [6.07, 6.45) is 2.23. The van der Waals surface area contributed by atoms with E-state index in [1.165, 1.54) is 0 Å². The molecule has 1 aliphatic heterocycles. The van der Waals surface area contributed by atoms with Gasteiger partial charge in [0.05, 0.1) is 6.61 Å². The molecule has 2 aliphatic rings. The van der Waals surface area contributed by atoms with E-state index in [2.05, 4.69) is 5.32 Å². The average molecular weight is 246 g/mol. The second-order valence-electron chi connectivity index (χ2n) is 5.30. The van der Waals surface area contributed by atoms with Crippen LogP contribution < -0.4 is 15.8 Å². The number of hydrogen-bond donors (Lipinski definition) is 2. The molecule has 3 N–H and O–H groups in total. The van der Waals surface area contributed by atoms with Gasteiger partial charge in [-0.2, -0.15) is 0 Å². The molecule has 1 aliphatic carbocycles. The third kappa shape index (κ3) is 1.60. The Morgan fingerprint density at radius 1 is 1.44 bits per heavy atom. The van der Waals surface area contributed by atoms with Crippen molar-refractivity contribution in [2.24, 2.45) is 11.7 Å². The van der Waals surface area contributed by atoms with Crippen molar-refractivity contribution in [3.63, 3.8) is 0 Å². The van der Waals surface area contributed by atoms with E-state index < -0.39 is 5.54 Å². The van der Waals surface area contributed by atoms with Crippen LogP contribution in [0.25, 0.3) is 0 Å². The lowest BCUT2D eigenvalue weighted by Crippen LogP contribution is -2.60. The molecule has 0 radical (unpaired) electrons. The Balaban J connectivity index is 2.12. The van der Waals surface area contributed by atoms with Crippen molar-refractivity contribution in [3.8, 4) is 5.75 Å². The molecule has 3 rings (SSSR count). The first kappa shape index (κ1) is 11.5. The topological polar surface area (TPSA) is 64.3 Å². The molecule has 0 spiro atoms. The van der Waals surface area contributed by atoms with Gasteiger partial charge in [0.1, 0.15) is 11.3 Å². The predicted molar refractivity (Wildman–Crippen MR) is 68.1 cm³/mol. The minimum absolute atomic E-state index is 0.0329. The highest BCUT2D eigenvalue weighted by Gasteiger charge is 2.50. The molecule has 1 fully saturated rings. The van der Waals surface area contributed by atoms with Crippen molar-refractivity contribution >= 4 is 5.91 Å². The molecule has 1 heterocycles. The molecule has 0 bridgehead atoms. The van der Waals surface area contributed by atoms with Crippen molar-refractivity contribution in [1.82, 2.24) is 5.32 Å². The Morgan fingerprint density at radius 3 is 2.83 bits per heavy atom. The Hall–Kier alpha value is -1.55. The van der Waals surface area contributed by atoms with Gasteiger partial charge in [-0.3, -0.25) is 10.1 Å². The van der Waals surface area contributed by atoms with Gasteiger partial charge < -0.3 is 10.5 Å². The quantitative estimate of drug-likeness (QED) is 0.840. The standard InChI is InChI=1S/C14H18N2O2/c1-9-8-18-12-5-3-2-4-11(12)14(9,13(15)17)16-10-6-7-10/h2-5,9-10,16H,6-8H2,1H3,(H2,15,17). The smallest absolute Gasteiger partial charge is 0.242 e. The summed E-state index contributed by atoms with van der Waals surface area (Å²) < 4.78 is 5.70. The summed E-state index contributed by atoms with van der Waals surface area (Å²) in [5.41, 5.74) is 5.82. The van der Waals surface area contributed by atoms with Crippen molar-refractivity contribution in [2.75, 3.05) is 6.61 Å². The molecule has 96 valence electrons. The first-order chi connectivity index (χ1) is 8.64. The zero-order valence-corrected chi connectivity index (χ0v) is 10.5. The highest BCUT2D eigenvalue weighted by Crippen LogP contribution is 2.42. The van der Waals surface area contributed by atoms with Crippen molar-refractivity contribution in [2.45, 2.75) is 31.3 Å². The number of ether oxygens (including phenoxy) is 1. The highest BCUT2D eigenvalue weighted by molar-refractivity contribution is 5.88. The lowest BCUT2D eigenvalue weighted by atomic mass is 9.76. The number of rotatable bonds is 3. The second-order valence-corrected chi connectivity index (χ2v) is 5.30. The fourth-order valence-corrected chi connectivity index (χ4v) is 2.74. The number of primary amides is 1. The molecule has 1 amide bonds. The zero-order valence-electron chi connectivity index (χ0n) is 10.5. The Bertz CT molecular complexity index is 484. The maximum absolute atomic E-state index is 12.1. The first-order valence-electron chi connectivity index (χ1n) is 6.44. The Kier molecular flexibility index (Phi) is 2.55. The fraction of sp³-hybridized carbons (Fsp3) is 0.500. The van der Waals surface area contributed by atoms with Gasteiger partial charge in [-0.1, -0.05) is 25.1 Å². The summed E-state index contributed by atoms with van der Waals surface area (Å²) in [6, 6.07) is 8.08. The molecule has 0 saturated heterocycles. The minimum atomic E-state index is -0.782. The molecule has 0 aromatic heterocycles. The summed E-state index contributed by atoms with van der Waals surface area (Å²) >= 11 is 0. The number of carbonyl (C=O) groups is 1. The van der Waals surface area contributed by atoms with E-state index in [1.54, 1.807) is 0 Å². The van der Waals surface area contributed by atoms with Gasteiger partial charge in [0.2, 0.25) is 5.91 Å². The number of fused-ring (bicyclic) bond motifs is 1. The van der Waals surface area contributed by atoms with E-state index >= 15 is 0 Å². The molecule has 4 heteroatoms. The SMILES string of the molecule is CC1COc2ccccc2C1(NC1CC1)C(N)=O. The Labute approximate surface area is 107 Å². The third-order valence-corrected chi connectivity index (χ3v) is 3.94. The van der Waals surface area contributed by atoms with Crippen LogP contribution in [0.1, 0.15) is 25.3 Å².